The zero-order valence-electron chi connectivity index (χ0n) is 33.2. The molecule has 3 aromatic rings. The molecular formula is C34H45N15O12S2. The lowest BCUT2D eigenvalue weighted by atomic mass is 10.2. The highest BCUT2D eigenvalue weighted by molar-refractivity contribution is 8.76. The van der Waals surface area contributed by atoms with E-state index in [0.717, 1.165) is 10.8 Å². The van der Waals surface area contributed by atoms with Crippen molar-refractivity contribution < 1.29 is 53.0 Å². The molecule has 0 spiro atoms. The number of amides is 8. The highest BCUT2D eigenvalue weighted by Crippen LogP contribution is 2.21. The number of nitrogen functional groups attached to an aromatic ring is 1. The lowest BCUT2D eigenvalue weighted by Gasteiger charge is -2.14. The Hall–Kier alpha value is -7.27. The number of rotatable bonds is 26. The Labute approximate surface area is 364 Å². The van der Waals surface area contributed by atoms with Crippen molar-refractivity contribution in [2.24, 2.45) is 5.84 Å². The molecule has 0 fully saturated rings. The van der Waals surface area contributed by atoms with Gasteiger partial charge in [0.15, 0.2) is 11.2 Å². The summed E-state index contributed by atoms with van der Waals surface area (Å²) < 4.78 is 4.67. The topological polar surface area (TPSA) is 415 Å². The van der Waals surface area contributed by atoms with E-state index in [9.17, 15) is 53.1 Å². The second kappa shape index (κ2) is 26.8. The second-order valence-corrected chi connectivity index (χ2v) is 15.1. The summed E-state index contributed by atoms with van der Waals surface area (Å²) in [6, 6.07) is 5.27. The average molecular weight is 920 g/mol. The maximum absolute atomic E-state index is 12.5. The van der Waals surface area contributed by atoms with Gasteiger partial charge in [0.1, 0.15) is 12.6 Å². The van der Waals surface area contributed by atoms with Crippen molar-refractivity contribution >= 4 is 97.8 Å². The quantitative estimate of drug-likeness (QED) is 0.0119. The molecule has 0 saturated heterocycles. The van der Waals surface area contributed by atoms with E-state index < -0.39 is 91.8 Å². The van der Waals surface area contributed by atoms with Crippen LogP contribution >= 0.6 is 21.6 Å². The standard InChI is InChI=1S/C34H45N15O12S2/c35-33-47-29-28(31(57)48-33)45-20(11-44-29)10-38-19-5-3-18(4-6-19)30(56)37-7-1-2-22(50)39-12-23(51)40-13-24(52)41-14-25(53)42-15-26(54)43-16-27(55)46-21(32(58)59)17-63-62-9-8-61-34(60)49-36/h3-6,11,21,38H,1-2,7-10,12-17,36H2,(H,37,56)(H,39,50)(H,40,51)(H,41,52)(H,42,53)(H,43,54)(H,46,55)(H,49,60)(H,58,59)(H3,35,44,47,48,57). The molecule has 2 heterocycles. The van der Waals surface area contributed by atoms with Gasteiger partial charge in [0, 0.05) is 35.7 Å². The zero-order valence-corrected chi connectivity index (χ0v) is 34.8. The number of fused-ring (bicyclic) bond motifs is 1. The minimum absolute atomic E-state index is 0.00767. The van der Waals surface area contributed by atoms with Crippen molar-refractivity contribution in [2.45, 2.75) is 25.4 Å². The number of hydrazine groups is 1. The molecule has 2 aromatic heterocycles. The summed E-state index contributed by atoms with van der Waals surface area (Å²) in [6.07, 6.45) is 0.899. The Balaban J connectivity index is 1.19. The Morgan fingerprint density at radius 1 is 0.778 bits per heavy atom. The number of carboxylic acid groups (broad SMARTS) is 1. The number of aromatic nitrogens is 4. The normalized spacial score (nSPS) is 10.9. The predicted molar refractivity (Wildman–Crippen MR) is 226 cm³/mol. The summed E-state index contributed by atoms with van der Waals surface area (Å²) in [5.74, 6) is -0.858. The van der Waals surface area contributed by atoms with E-state index >= 15 is 0 Å². The van der Waals surface area contributed by atoms with Gasteiger partial charge in [0.2, 0.25) is 41.4 Å². The molecule has 340 valence electrons. The van der Waals surface area contributed by atoms with Crippen LogP contribution in [0.3, 0.4) is 0 Å². The van der Waals surface area contributed by atoms with Gasteiger partial charge in [-0.3, -0.25) is 48.8 Å². The summed E-state index contributed by atoms with van der Waals surface area (Å²) in [4.78, 5) is 134. The molecule has 8 amide bonds. The van der Waals surface area contributed by atoms with Gasteiger partial charge in [-0.2, -0.15) is 4.98 Å². The number of hydrogen-bond donors (Lipinski definition) is 13. The number of nitrogens with two attached hydrogens (primary N) is 2. The summed E-state index contributed by atoms with van der Waals surface area (Å²) in [6.45, 7) is -2.23. The molecule has 1 unspecified atom stereocenters. The van der Waals surface area contributed by atoms with E-state index in [2.05, 4.69) is 67.2 Å². The van der Waals surface area contributed by atoms with E-state index in [1.807, 2.05) is 0 Å². The average Bonchev–Trinajstić information content (AvgIpc) is 3.26. The van der Waals surface area contributed by atoms with Crippen LogP contribution in [0.15, 0.2) is 35.3 Å². The van der Waals surface area contributed by atoms with Crippen LogP contribution < -0.4 is 65.1 Å². The number of anilines is 2. The molecule has 0 aliphatic heterocycles. The van der Waals surface area contributed by atoms with Gasteiger partial charge >= 0.3 is 12.1 Å². The minimum Gasteiger partial charge on any atom is -0.480 e. The second-order valence-electron chi connectivity index (χ2n) is 12.5. The molecule has 0 aliphatic carbocycles. The van der Waals surface area contributed by atoms with E-state index in [-0.39, 0.29) is 61.3 Å². The molecule has 63 heavy (non-hydrogen) atoms. The monoisotopic (exact) mass is 919 g/mol. The molecule has 27 nitrogen and oxygen atoms in total. The van der Waals surface area contributed by atoms with Gasteiger partial charge < -0.3 is 58.1 Å². The summed E-state index contributed by atoms with van der Waals surface area (Å²) in [7, 11) is 2.29. The van der Waals surface area contributed by atoms with Crippen molar-refractivity contribution in [1.82, 2.24) is 62.6 Å². The largest absolute Gasteiger partial charge is 0.480 e. The fourth-order valence-electron chi connectivity index (χ4n) is 4.58. The Morgan fingerprint density at radius 2 is 1.37 bits per heavy atom. The predicted octanol–water partition coefficient (Wildman–Crippen LogP) is -4.45. The first-order valence-electron chi connectivity index (χ1n) is 18.5. The van der Waals surface area contributed by atoms with Crippen molar-refractivity contribution in [3.63, 3.8) is 0 Å². The van der Waals surface area contributed by atoms with Gasteiger partial charge in [-0.1, -0.05) is 21.6 Å². The molecule has 1 atom stereocenters. The van der Waals surface area contributed by atoms with Gasteiger partial charge in [-0.15, -0.1) is 0 Å². The van der Waals surface area contributed by atoms with Crippen molar-refractivity contribution in [2.75, 3.05) is 68.4 Å². The minimum atomic E-state index is -1.31. The fraction of sp³-hybridized carbons (Fsp3) is 0.382. The van der Waals surface area contributed by atoms with Gasteiger partial charge in [0.05, 0.1) is 51.2 Å². The van der Waals surface area contributed by atoms with Crippen LogP contribution in [0.2, 0.25) is 0 Å². The van der Waals surface area contributed by atoms with Crippen LogP contribution in [-0.2, 0) is 44.8 Å². The Morgan fingerprint density at radius 3 is 1.95 bits per heavy atom. The number of aromatic amines is 1. The summed E-state index contributed by atoms with van der Waals surface area (Å²) in [5, 5.41) is 28.7. The molecule has 0 bridgehead atoms. The number of nitrogens with one attached hydrogen (secondary N) is 10. The van der Waals surface area contributed by atoms with E-state index in [4.69, 9.17) is 11.6 Å². The van der Waals surface area contributed by atoms with Gasteiger partial charge in [-0.05, 0) is 30.7 Å². The summed E-state index contributed by atoms with van der Waals surface area (Å²) >= 11 is 0. The number of carboxylic acids is 1. The smallest absolute Gasteiger partial charge is 0.421 e. The highest BCUT2D eigenvalue weighted by atomic mass is 33.1. The van der Waals surface area contributed by atoms with Crippen molar-refractivity contribution in [1.29, 1.82) is 0 Å². The van der Waals surface area contributed by atoms with E-state index in [1.54, 1.807) is 29.7 Å². The SMILES string of the molecule is NNC(=O)OCCSSCC(NC(=O)CNC(=O)CNC(=O)CNC(=O)CNC(=O)CNC(=O)CCCNC(=O)c1ccc(NCc2cnc3nc(N)[nH]c(=O)c3n2)cc1)C(=O)O. The first kappa shape index (κ1) is 50.1. The molecule has 1 aromatic carbocycles. The zero-order chi connectivity index (χ0) is 46.1. The number of ether oxygens (including phenoxy) is 1. The maximum atomic E-state index is 12.5. The summed E-state index contributed by atoms with van der Waals surface area (Å²) in [5.41, 5.74) is 8.49. The lowest BCUT2D eigenvalue weighted by Crippen LogP contribution is -2.48. The number of H-pyrrole nitrogens is 1. The van der Waals surface area contributed by atoms with Gasteiger partial charge in [-0.25, -0.2) is 25.4 Å². The molecular weight excluding hydrogens is 875 g/mol. The van der Waals surface area contributed by atoms with E-state index in [0.29, 0.717) is 22.7 Å². The van der Waals surface area contributed by atoms with Crippen LogP contribution in [0.1, 0.15) is 28.9 Å². The Kier molecular flexibility index (Phi) is 21.3. The third kappa shape index (κ3) is 19.8. The van der Waals surface area contributed by atoms with E-state index in [1.165, 1.54) is 17.0 Å². The molecule has 15 N–H and O–H groups in total. The highest BCUT2D eigenvalue weighted by Gasteiger charge is 2.21. The van der Waals surface area contributed by atoms with Crippen LogP contribution in [0.25, 0.3) is 11.2 Å². The van der Waals surface area contributed by atoms with Crippen LogP contribution in [0, 0.1) is 0 Å². The first-order valence-corrected chi connectivity index (χ1v) is 21.0. The third-order valence-corrected chi connectivity index (χ3v) is 10.1. The fourth-order valence-corrected chi connectivity index (χ4v) is 6.56. The molecule has 0 saturated carbocycles. The molecule has 0 radical (unpaired) electrons. The third-order valence-electron chi connectivity index (χ3n) is 7.67. The number of nitrogens with zero attached hydrogens (tertiary/aromatic N) is 3. The van der Waals surface area contributed by atoms with Crippen LogP contribution in [0.5, 0.6) is 0 Å². The van der Waals surface area contributed by atoms with Crippen molar-refractivity contribution in [3.8, 4) is 0 Å². The lowest BCUT2D eigenvalue weighted by molar-refractivity contribution is -0.141. The molecule has 29 heteroatoms. The van der Waals surface area contributed by atoms with Crippen LogP contribution in [0.4, 0.5) is 16.4 Å². The number of carbonyl (C=O) groups is 9. The molecule has 0 aliphatic rings. The Bertz CT molecular complexity index is 2180. The maximum Gasteiger partial charge on any atom is 0.421 e. The first-order chi connectivity index (χ1) is 30.1. The van der Waals surface area contributed by atoms with Crippen molar-refractivity contribution in [3.05, 3.63) is 52.1 Å². The number of hydrogen-bond acceptors (Lipinski definition) is 19. The molecule has 3 rings (SSSR count). The van der Waals surface area contributed by atoms with Crippen LogP contribution in [-0.4, -0.2) is 142 Å². The van der Waals surface area contributed by atoms with Gasteiger partial charge in [0.25, 0.3) is 11.5 Å². The number of carbonyl (C=O) groups excluding carboxylic acids is 8. The number of aliphatic carboxylic acids is 1. The number of benzene rings is 1.